The number of carbonyl (C=O) groups excluding carboxylic acids is 1. The van der Waals surface area contributed by atoms with E-state index in [1.807, 2.05) is 4.90 Å². The van der Waals surface area contributed by atoms with Crippen molar-refractivity contribution in [1.29, 1.82) is 0 Å². The molecule has 0 saturated carbocycles. The Hall–Kier alpha value is -1.36. The molecule has 1 aromatic heterocycles. The fraction of sp³-hybridized carbons (Fsp3) is 0.714. The topological polar surface area (TPSA) is 52.2 Å². The van der Waals surface area contributed by atoms with E-state index in [1.165, 1.54) is 11.3 Å². The Labute approximate surface area is 115 Å². The van der Waals surface area contributed by atoms with Crippen LogP contribution in [0.15, 0.2) is 0 Å². The van der Waals surface area contributed by atoms with Crippen molar-refractivity contribution in [1.82, 2.24) is 20.0 Å². The lowest BCUT2D eigenvalue weighted by molar-refractivity contribution is -0.128. The van der Waals surface area contributed by atoms with E-state index in [0.29, 0.717) is 0 Å². The van der Waals surface area contributed by atoms with Gasteiger partial charge in [-0.25, -0.2) is 0 Å². The van der Waals surface area contributed by atoms with Gasteiger partial charge in [-0.05, 0) is 38.8 Å². The molecule has 1 saturated heterocycles. The predicted octanol–water partition coefficient (Wildman–Crippen LogP) is 1.12. The number of H-pyrrole nitrogens is 1. The first-order chi connectivity index (χ1) is 9.08. The predicted molar refractivity (Wildman–Crippen MR) is 75.1 cm³/mol. The minimum absolute atomic E-state index is 0.198. The van der Waals surface area contributed by atoms with E-state index in [0.717, 1.165) is 51.3 Å². The van der Waals surface area contributed by atoms with Gasteiger partial charge in [0.05, 0.1) is 5.69 Å². The molecule has 0 radical (unpaired) electrons. The van der Waals surface area contributed by atoms with Crippen molar-refractivity contribution in [3.05, 3.63) is 17.0 Å². The maximum absolute atomic E-state index is 11.4. The van der Waals surface area contributed by atoms with Crippen LogP contribution in [0.25, 0.3) is 0 Å². The zero-order valence-corrected chi connectivity index (χ0v) is 12.2. The second-order valence-corrected chi connectivity index (χ2v) is 5.36. The number of aromatic amines is 1. The van der Waals surface area contributed by atoms with E-state index in [-0.39, 0.29) is 5.91 Å². The zero-order valence-electron chi connectivity index (χ0n) is 12.2. The molecule has 5 heteroatoms. The highest BCUT2D eigenvalue weighted by atomic mass is 16.2. The van der Waals surface area contributed by atoms with Crippen molar-refractivity contribution in [2.75, 3.05) is 32.7 Å². The Bertz CT molecular complexity index is 421. The molecule has 1 fully saturated rings. The van der Waals surface area contributed by atoms with E-state index in [1.54, 1.807) is 6.92 Å². The van der Waals surface area contributed by atoms with E-state index < -0.39 is 0 Å². The number of hydrogen-bond donors (Lipinski definition) is 1. The molecule has 0 atom stereocenters. The molecule has 19 heavy (non-hydrogen) atoms. The van der Waals surface area contributed by atoms with Crippen molar-refractivity contribution < 1.29 is 4.79 Å². The molecule has 106 valence electrons. The lowest BCUT2D eigenvalue weighted by Gasteiger charge is -2.21. The molecule has 1 aliphatic heterocycles. The first kappa shape index (κ1) is 14.1. The molecule has 0 bridgehead atoms. The van der Waals surface area contributed by atoms with Gasteiger partial charge in [0.2, 0.25) is 5.91 Å². The van der Waals surface area contributed by atoms with Gasteiger partial charge in [0.15, 0.2) is 0 Å². The summed E-state index contributed by atoms with van der Waals surface area (Å²) >= 11 is 0. The number of hydrogen-bond acceptors (Lipinski definition) is 3. The average Bonchev–Trinajstić information content (AvgIpc) is 2.58. The second kappa shape index (κ2) is 6.19. The van der Waals surface area contributed by atoms with Gasteiger partial charge in [-0.15, -0.1) is 0 Å². The van der Waals surface area contributed by atoms with Crippen LogP contribution < -0.4 is 0 Å². The maximum Gasteiger partial charge on any atom is 0.219 e. The number of nitrogens with one attached hydrogen (secondary N) is 1. The third kappa shape index (κ3) is 3.56. The highest BCUT2D eigenvalue weighted by Crippen LogP contribution is 2.11. The quantitative estimate of drug-likeness (QED) is 0.890. The monoisotopic (exact) mass is 264 g/mol. The van der Waals surface area contributed by atoms with Crippen LogP contribution in [-0.2, 0) is 11.2 Å². The van der Waals surface area contributed by atoms with Gasteiger partial charge in [0.1, 0.15) is 0 Å². The third-order valence-electron chi connectivity index (χ3n) is 3.99. The van der Waals surface area contributed by atoms with Gasteiger partial charge in [-0.2, -0.15) is 5.10 Å². The van der Waals surface area contributed by atoms with Crippen LogP contribution in [0.3, 0.4) is 0 Å². The minimum atomic E-state index is 0.198. The summed E-state index contributed by atoms with van der Waals surface area (Å²) in [6.45, 7) is 10.7. The first-order valence-electron chi connectivity index (χ1n) is 7.06. The van der Waals surface area contributed by atoms with E-state index >= 15 is 0 Å². The summed E-state index contributed by atoms with van der Waals surface area (Å²) in [4.78, 5) is 15.8. The molecule has 2 rings (SSSR count). The van der Waals surface area contributed by atoms with Gasteiger partial charge in [0.25, 0.3) is 0 Å². The standard InChI is InChI=1S/C14H24N4O/c1-11-14(12(2)16-15-11)5-8-17-6-4-7-18(10-9-17)13(3)19/h4-10H2,1-3H3,(H,15,16). The summed E-state index contributed by atoms with van der Waals surface area (Å²) in [5.41, 5.74) is 3.63. The number of rotatable bonds is 3. The fourth-order valence-electron chi connectivity index (χ4n) is 2.72. The van der Waals surface area contributed by atoms with Crippen LogP contribution >= 0.6 is 0 Å². The Morgan fingerprint density at radius 2 is 2.05 bits per heavy atom. The lowest BCUT2D eigenvalue weighted by Crippen LogP contribution is -2.34. The minimum Gasteiger partial charge on any atom is -0.342 e. The van der Waals surface area contributed by atoms with Crippen LogP contribution in [0.4, 0.5) is 0 Å². The third-order valence-corrected chi connectivity index (χ3v) is 3.99. The summed E-state index contributed by atoms with van der Waals surface area (Å²) in [5.74, 6) is 0.198. The summed E-state index contributed by atoms with van der Waals surface area (Å²) < 4.78 is 0. The summed E-state index contributed by atoms with van der Waals surface area (Å²) in [6.07, 6.45) is 2.11. The molecular formula is C14H24N4O. The van der Waals surface area contributed by atoms with Crippen molar-refractivity contribution in [2.45, 2.75) is 33.6 Å². The van der Waals surface area contributed by atoms with Gasteiger partial charge in [-0.3, -0.25) is 9.89 Å². The summed E-state index contributed by atoms with van der Waals surface area (Å²) in [6, 6.07) is 0. The van der Waals surface area contributed by atoms with Crippen LogP contribution in [0, 0.1) is 13.8 Å². The Balaban J connectivity index is 1.85. The SMILES string of the molecule is CC(=O)N1CCCN(CCc2c(C)n[nH]c2C)CC1. The van der Waals surface area contributed by atoms with Gasteiger partial charge in [0, 0.05) is 38.8 Å². The molecular weight excluding hydrogens is 240 g/mol. The summed E-state index contributed by atoms with van der Waals surface area (Å²) in [5, 5.41) is 7.27. The van der Waals surface area contributed by atoms with Gasteiger partial charge >= 0.3 is 0 Å². The van der Waals surface area contributed by atoms with E-state index in [9.17, 15) is 4.79 Å². The highest BCUT2D eigenvalue weighted by molar-refractivity contribution is 5.73. The summed E-state index contributed by atoms with van der Waals surface area (Å²) in [7, 11) is 0. The molecule has 1 aromatic rings. The van der Waals surface area contributed by atoms with Gasteiger partial charge < -0.3 is 9.80 Å². The molecule has 0 aromatic carbocycles. The maximum atomic E-state index is 11.4. The molecule has 1 aliphatic rings. The molecule has 5 nitrogen and oxygen atoms in total. The second-order valence-electron chi connectivity index (χ2n) is 5.36. The number of aryl methyl sites for hydroxylation is 2. The fourth-order valence-corrected chi connectivity index (χ4v) is 2.72. The molecule has 2 heterocycles. The van der Waals surface area contributed by atoms with Crippen LogP contribution in [0.2, 0.25) is 0 Å². The van der Waals surface area contributed by atoms with Crippen molar-refractivity contribution >= 4 is 5.91 Å². The average molecular weight is 264 g/mol. The molecule has 0 spiro atoms. The number of carbonyl (C=O) groups is 1. The Morgan fingerprint density at radius 3 is 2.68 bits per heavy atom. The molecule has 1 N–H and O–H groups in total. The van der Waals surface area contributed by atoms with Gasteiger partial charge in [-0.1, -0.05) is 0 Å². The van der Waals surface area contributed by atoms with Crippen molar-refractivity contribution in [3.8, 4) is 0 Å². The van der Waals surface area contributed by atoms with E-state index in [4.69, 9.17) is 0 Å². The largest absolute Gasteiger partial charge is 0.342 e. The van der Waals surface area contributed by atoms with Crippen LogP contribution in [0.1, 0.15) is 30.3 Å². The normalized spacial score (nSPS) is 17.5. The zero-order chi connectivity index (χ0) is 13.8. The number of aromatic nitrogens is 2. The van der Waals surface area contributed by atoms with Crippen LogP contribution in [-0.4, -0.2) is 58.6 Å². The highest BCUT2D eigenvalue weighted by Gasteiger charge is 2.17. The Morgan fingerprint density at radius 1 is 1.26 bits per heavy atom. The van der Waals surface area contributed by atoms with E-state index in [2.05, 4.69) is 28.9 Å². The van der Waals surface area contributed by atoms with Crippen LogP contribution in [0.5, 0.6) is 0 Å². The number of amides is 1. The Kier molecular flexibility index (Phi) is 4.58. The smallest absolute Gasteiger partial charge is 0.219 e. The van der Waals surface area contributed by atoms with Crippen molar-refractivity contribution in [3.63, 3.8) is 0 Å². The lowest BCUT2D eigenvalue weighted by atomic mass is 10.1. The molecule has 1 amide bonds. The first-order valence-corrected chi connectivity index (χ1v) is 7.06. The number of nitrogens with zero attached hydrogens (tertiary/aromatic N) is 3. The van der Waals surface area contributed by atoms with Crippen molar-refractivity contribution in [2.24, 2.45) is 0 Å². The molecule has 0 unspecified atom stereocenters. The molecule has 0 aliphatic carbocycles.